The van der Waals surface area contributed by atoms with Crippen molar-refractivity contribution < 1.29 is 5.11 Å². The highest BCUT2D eigenvalue weighted by atomic mass is 35.5. The fourth-order valence-electron chi connectivity index (χ4n) is 1.13. The van der Waals surface area contributed by atoms with Crippen molar-refractivity contribution in [1.29, 1.82) is 0 Å². The highest BCUT2D eigenvalue weighted by Gasteiger charge is 2.04. The molecule has 1 heterocycles. The van der Waals surface area contributed by atoms with Gasteiger partial charge in [0.1, 0.15) is 0 Å². The minimum Gasteiger partial charge on any atom is -0.387 e. The Kier molecular flexibility index (Phi) is 3.38. The van der Waals surface area contributed by atoms with Crippen LogP contribution in [-0.4, -0.2) is 9.67 Å². The Labute approximate surface area is 77.1 Å². The van der Waals surface area contributed by atoms with Gasteiger partial charge in [0.2, 0.25) is 0 Å². The molecule has 0 aliphatic heterocycles. The molecule has 1 N–H and O–H groups in total. The second-order valence-electron chi connectivity index (χ2n) is 2.62. The minimum absolute atomic E-state index is 0.427. The Balaban J connectivity index is 2.77. The molecule has 12 heavy (non-hydrogen) atoms. The number of nitrogens with zero attached hydrogens (tertiary/aromatic N) is 1. The number of aliphatic hydroxyl groups excluding tert-OH is 1. The fourth-order valence-corrected chi connectivity index (χ4v) is 1.21. The van der Waals surface area contributed by atoms with E-state index in [9.17, 15) is 5.11 Å². The molecule has 0 fully saturated rings. The van der Waals surface area contributed by atoms with Gasteiger partial charge >= 0.3 is 0 Å². The number of hydrogen-bond acceptors (Lipinski definition) is 1. The first-order valence-electron chi connectivity index (χ1n) is 3.84. The van der Waals surface area contributed by atoms with Crippen LogP contribution in [0.1, 0.15) is 18.7 Å². The van der Waals surface area contributed by atoms with Crippen molar-refractivity contribution in [3.8, 4) is 0 Å². The van der Waals surface area contributed by atoms with Gasteiger partial charge in [-0.05, 0) is 19.1 Å². The maximum atomic E-state index is 9.31. The molecule has 0 aliphatic carbocycles. The lowest BCUT2D eigenvalue weighted by Crippen LogP contribution is -2.02. The quantitative estimate of drug-likeness (QED) is 0.768. The maximum absolute atomic E-state index is 9.31. The van der Waals surface area contributed by atoms with Crippen molar-refractivity contribution in [3.63, 3.8) is 0 Å². The maximum Gasteiger partial charge on any atom is 0.0911 e. The first-order chi connectivity index (χ1) is 5.75. The van der Waals surface area contributed by atoms with Gasteiger partial charge in [-0.3, -0.25) is 0 Å². The van der Waals surface area contributed by atoms with Gasteiger partial charge in [0.25, 0.3) is 0 Å². The molecule has 0 saturated carbocycles. The van der Waals surface area contributed by atoms with E-state index in [2.05, 4.69) is 0 Å². The van der Waals surface area contributed by atoms with E-state index in [1.54, 1.807) is 6.92 Å². The third-order valence-electron chi connectivity index (χ3n) is 1.68. The van der Waals surface area contributed by atoms with Gasteiger partial charge in [-0.25, -0.2) is 0 Å². The van der Waals surface area contributed by atoms with Crippen LogP contribution in [0.3, 0.4) is 0 Å². The molecule has 0 amide bonds. The first-order valence-corrected chi connectivity index (χ1v) is 4.27. The molecule has 1 aromatic heterocycles. The van der Waals surface area contributed by atoms with E-state index in [1.165, 1.54) is 5.54 Å². The van der Waals surface area contributed by atoms with Gasteiger partial charge in [-0.1, -0.05) is 17.7 Å². The van der Waals surface area contributed by atoms with Crippen molar-refractivity contribution in [2.45, 2.75) is 19.6 Å². The molecule has 1 rings (SSSR count). The second kappa shape index (κ2) is 4.33. The van der Waals surface area contributed by atoms with Gasteiger partial charge in [0.15, 0.2) is 0 Å². The molecule has 0 radical (unpaired) electrons. The molecule has 0 aliphatic rings. The third-order valence-corrected chi connectivity index (χ3v) is 1.86. The summed E-state index contributed by atoms with van der Waals surface area (Å²) in [5, 5.41) is 9.31. The minimum atomic E-state index is -0.427. The summed E-state index contributed by atoms with van der Waals surface area (Å²) in [5.41, 5.74) is 2.39. The van der Waals surface area contributed by atoms with Crippen LogP contribution < -0.4 is 0 Å². The zero-order valence-electron chi connectivity index (χ0n) is 6.94. The summed E-state index contributed by atoms with van der Waals surface area (Å²) in [6.45, 7) is 2.45. The number of rotatable bonds is 3. The van der Waals surface area contributed by atoms with Crippen LogP contribution in [0.25, 0.3) is 0 Å². The third kappa shape index (κ3) is 2.13. The number of aromatic nitrogens is 1. The SMILES string of the molecule is CC(O)c1cccn1CC=CCl. The average molecular weight is 186 g/mol. The van der Waals surface area contributed by atoms with Crippen molar-refractivity contribution >= 4 is 11.6 Å². The van der Waals surface area contributed by atoms with Crippen LogP contribution in [0.2, 0.25) is 0 Å². The van der Waals surface area contributed by atoms with Crippen molar-refractivity contribution in [2.24, 2.45) is 0 Å². The molecular formula is C9H12ClNO. The summed E-state index contributed by atoms with van der Waals surface area (Å²) < 4.78 is 1.95. The standard InChI is InChI=1S/C9H12ClNO/c1-8(12)9-4-2-6-11(9)7-3-5-10/h2-6,8,12H,7H2,1H3. The van der Waals surface area contributed by atoms with E-state index in [0.717, 1.165) is 5.69 Å². The normalized spacial score (nSPS) is 13.9. The molecule has 0 bridgehead atoms. The molecular weight excluding hydrogens is 174 g/mol. The molecule has 0 aromatic carbocycles. The lowest BCUT2D eigenvalue weighted by Gasteiger charge is -2.08. The van der Waals surface area contributed by atoms with Crippen LogP contribution in [0, 0.1) is 0 Å². The van der Waals surface area contributed by atoms with Crippen molar-refractivity contribution in [3.05, 3.63) is 35.6 Å². The summed E-state index contributed by atoms with van der Waals surface area (Å²) >= 11 is 5.39. The van der Waals surface area contributed by atoms with Gasteiger partial charge < -0.3 is 9.67 Å². The van der Waals surface area contributed by atoms with E-state index in [1.807, 2.05) is 29.0 Å². The zero-order chi connectivity index (χ0) is 8.97. The monoisotopic (exact) mass is 185 g/mol. The summed E-state index contributed by atoms with van der Waals surface area (Å²) in [4.78, 5) is 0. The van der Waals surface area contributed by atoms with E-state index >= 15 is 0 Å². The Hall–Kier alpha value is -0.730. The second-order valence-corrected chi connectivity index (χ2v) is 2.88. The molecule has 1 unspecified atom stereocenters. The summed E-state index contributed by atoms with van der Waals surface area (Å²) in [6, 6.07) is 3.80. The van der Waals surface area contributed by atoms with Gasteiger partial charge in [-0.15, -0.1) is 0 Å². The van der Waals surface area contributed by atoms with E-state index in [4.69, 9.17) is 11.6 Å². The Bertz CT molecular complexity index is 265. The molecule has 66 valence electrons. The van der Waals surface area contributed by atoms with E-state index < -0.39 is 6.10 Å². The van der Waals surface area contributed by atoms with Gasteiger partial charge in [0, 0.05) is 24.0 Å². The number of hydrogen-bond donors (Lipinski definition) is 1. The smallest absolute Gasteiger partial charge is 0.0911 e. The van der Waals surface area contributed by atoms with Crippen molar-refractivity contribution in [1.82, 2.24) is 4.57 Å². The van der Waals surface area contributed by atoms with Crippen molar-refractivity contribution in [2.75, 3.05) is 0 Å². The van der Waals surface area contributed by atoms with E-state index in [-0.39, 0.29) is 0 Å². The Morgan fingerprint density at radius 1 is 1.75 bits per heavy atom. The zero-order valence-corrected chi connectivity index (χ0v) is 7.70. The first kappa shape index (κ1) is 9.36. The molecule has 1 atom stereocenters. The Morgan fingerprint density at radius 3 is 3.08 bits per heavy atom. The molecule has 3 heteroatoms. The molecule has 2 nitrogen and oxygen atoms in total. The highest BCUT2D eigenvalue weighted by molar-refractivity contribution is 6.25. The lowest BCUT2D eigenvalue weighted by molar-refractivity contribution is 0.190. The fraction of sp³-hybridized carbons (Fsp3) is 0.333. The molecule has 0 spiro atoms. The van der Waals surface area contributed by atoms with Gasteiger partial charge in [0.05, 0.1) is 6.10 Å². The van der Waals surface area contributed by atoms with Crippen LogP contribution in [0.4, 0.5) is 0 Å². The van der Waals surface area contributed by atoms with Crippen LogP contribution >= 0.6 is 11.6 Å². The van der Waals surface area contributed by atoms with E-state index in [0.29, 0.717) is 6.54 Å². The van der Waals surface area contributed by atoms with Crippen LogP contribution in [0.5, 0.6) is 0 Å². The van der Waals surface area contributed by atoms with Gasteiger partial charge in [-0.2, -0.15) is 0 Å². The average Bonchev–Trinajstić information content (AvgIpc) is 2.48. The Morgan fingerprint density at radius 2 is 2.50 bits per heavy atom. The predicted octanol–water partition coefficient (Wildman–Crippen LogP) is 2.29. The summed E-state index contributed by atoms with van der Waals surface area (Å²) in [7, 11) is 0. The predicted molar refractivity (Wildman–Crippen MR) is 50.1 cm³/mol. The molecule has 0 saturated heterocycles. The lowest BCUT2D eigenvalue weighted by atomic mass is 10.3. The number of aliphatic hydroxyl groups is 1. The highest BCUT2D eigenvalue weighted by Crippen LogP contribution is 2.12. The summed E-state index contributed by atoms with van der Waals surface area (Å²) in [6.07, 6.45) is 3.32. The topological polar surface area (TPSA) is 25.2 Å². The summed E-state index contributed by atoms with van der Waals surface area (Å²) in [5.74, 6) is 0. The molecule has 1 aromatic rings. The van der Waals surface area contributed by atoms with Crippen LogP contribution in [0.15, 0.2) is 29.9 Å². The number of allylic oxidation sites excluding steroid dienone is 1. The number of halogens is 1. The largest absolute Gasteiger partial charge is 0.387 e. The van der Waals surface area contributed by atoms with Crippen LogP contribution in [-0.2, 0) is 6.54 Å².